The van der Waals surface area contributed by atoms with Gasteiger partial charge in [-0.2, -0.15) is 5.10 Å². The zero-order chi connectivity index (χ0) is 14.7. The van der Waals surface area contributed by atoms with Crippen LogP contribution in [0.1, 0.15) is 15.9 Å². The van der Waals surface area contributed by atoms with Crippen molar-refractivity contribution in [3.8, 4) is 0 Å². The van der Waals surface area contributed by atoms with Gasteiger partial charge < -0.3 is 9.47 Å². The molecule has 0 spiro atoms. The van der Waals surface area contributed by atoms with E-state index in [-0.39, 0.29) is 0 Å². The minimum absolute atomic E-state index is 0.373. The summed E-state index contributed by atoms with van der Waals surface area (Å²) in [5.41, 5.74) is 1.63. The highest BCUT2D eigenvalue weighted by molar-refractivity contribution is 6.07. The van der Waals surface area contributed by atoms with Crippen LogP contribution in [0.25, 0.3) is 17.0 Å². The number of fused-ring (bicyclic) bond motifs is 1. The van der Waals surface area contributed by atoms with E-state index in [0.717, 1.165) is 0 Å². The predicted octanol–water partition coefficient (Wildman–Crippen LogP) is 1.55. The van der Waals surface area contributed by atoms with E-state index in [0.29, 0.717) is 22.0 Å². The molecule has 0 saturated carbocycles. The zero-order valence-electron chi connectivity index (χ0n) is 11.4. The number of carbonyl (C=O) groups is 2. The lowest BCUT2D eigenvalue weighted by Crippen LogP contribution is -2.04. The Balaban J connectivity index is 2.61. The highest BCUT2D eigenvalue weighted by Gasteiger charge is 2.16. The van der Waals surface area contributed by atoms with E-state index < -0.39 is 11.9 Å². The molecular formula is C14H14N2O4. The van der Waals surface area contributed by atoms with Gasteiger partial charge in [-0.05, 0) is 17.7 Å². The van der Waals surface area contributed by atoms with Crippen LogP contribution in [-0.2, 0) is 21.3 Å². The summed E-state index contributed by atoms with van der Waals surface area (Å²) in [7, 11) is 4.37. The van der Waals surface area contributed by atoms with Gasteiger partial charge in [0.2, 0.25) is 0 Å². The van der Waals surface area contributed by atoms with Crippen molar-refractivity contribution in [3.63, 3.8) is 0 Å². The Morgan fingerprint density at radius 2 is 2.00 bits per heavy atom. The Kier molecular flexibility index (Phi) is 3.84. The second-order valence-corrected chi connectivity index (χ2v) is 4.11. The molecule has 0 amide bonds. The third-order valence-corrected chi connectivity index (χ3v) is 2.83. The van der Waals surface area contributed by atoms with E-state index >= 15 is 0 Å². The zero-order valence-corrected chi connectivity index (χ0v) is 11.4. The number of aryl methyl sites for hydroxylation is 1. The van der Waals surface area contributed by atoms with Crippen molar-refractivity contribution in [1.82, 2.24) is 9.78 Å². The van der Waals surface area contributed by atoms with E-state index in [9.17, 15) is 9.59 Å². The molecule has 6 nitrogen and oxygen atoms in total. The first-order valence-corrected chi connectivity index (χ1v) is 5.87. The smallest absolute Gasteiger partial charge is 0.339 e. The number of carbonyl (C=O) groups excluding carboxylic acids is 2. The first-order valence-electron chi connectivity index (χ1n) is 5.87. The minimum Gasteiger partial charge on any atom is -0.466 e. The molecule has 1 heterocycles. The van der Waals surface area contributed by atoms with Crippen molar-refractivity contribution in [2.45, 2.75) is 0 Å². The lowest BCUT2D eigenvalue weighted by atomic mass is 10.0. The lowest BCUT2D eigenvalue weighted by Gasteiger charge is -2.05. The number of methoxy groups -OCH3 is 2. The fourth-order valence-corrected chi connectivity index (χ4v) is 1.92. The normalized spacial score (nSPS) is 10.9. The topological polar surface area (TPSA) is 70.4 Å². The molecule has 0 bridgehead atoms. The Morgan fingerprint density at radius 3 is 2.65 bits per heavy atom. The van der Waals surface area contributed by atoms with Gasteiger partial charge in [-0.3, -0.25) is 4.68 Å². The fraction of sp³-hybridized carbons (Fsp3) is 0.214. The third-order valence-electron chi connectivity index (χ3n) is 2.83. The van der Waals surface area contributed by atoms with Gasteiger partial charge in [-0.1, -0.05) is 6.07 Å². The van der Waals surface area contributed by atoms with Crippen LogP contribution in [-0.4, -0.2) is 35.9 Å². The molecule has 0 saturated heterocycles. The van der Waals surface area contributed by atoms with Crippen LogP contribution in [0.2, 0.25) is 0 Å². The van der Waals surface area contributed by atoms with Crippen LogP contribution in [0.4, 0.5) is 0 Å². The number of nitrogens with zero attached hydrogens (tertiary/aromatic N) is 2. The molecule has 20 heavy (non-hydrogen) atoms. The third kappa shape index (κ3) is 2.54. The number of hydrogen-bond acceptors (Lipinski definition) is 5. The van der Waals surface area contributed by atoms with Crippen LogP contribution in [0.3, 0.4) is 0 Å². The van der Waals surface area contributed by atoms with E-state index in [2.05, 4.69) is 9.84 Å². The average Bonchev–Trinajstić information content (AvgIpc) is 2.83. The van der Waals surface area contributed by atoms with Crippen molar-refractivity contribution in [1.29, 1.82) is 0 Å². The minimum atomic E-state index is -0.493. The van der Waals surface area contributed by atoms with Gasteiger partial charge in [0.05, 0.1) is 25.3 Å². The molecule has 0 aliphatic rings. The maximum absolute atomic E-state index is 12.0. The number of esters is 2. The highest BCUT2D eigenvalue weighted by Crippen LogP contribution is 2.23. The molecule has 6 heteroatoms. The van der Waals surface area contributed by atoms with Crippen molar-refractivity contribution in [2.75, 3.05) is 14.2 Å². The van der Waals surface area contributed by atoms with Crippen molar-refractivity contribution in [2.24, 2.45) is 7.05 Å². The van der Waals surface area contributed by atoms with E-state index in [1.807, 2.05) is 0 Å². The fourth-order valence-electron chi connectivity index (χ4n) is 1.92. The monoisotopic (exact) mass is 274 g/mol. The molecular weight excluding hydrogens is 260 g/mol. The van der Waals surface area contributed by atoms with Crippen LogP contribution in [0, 0.1) is 0 Å². The predicted molar refractivity (Wildman–Crippen MR) is 73.1 cm³/mol. The van der Waals surface area contributed by atoms with E-state index in [4.69, 9.17) is 4.74 Å². The number of ether oxygens (including phenoxy) is 2. The van der Waals surface area contributed by atoms with Crippen LogP contribution >= 0.6 is 0 Å². The highest BCUT2D eigenvalue weighted by atomic mass is 16.5. The molecule has 0 unspecified atom stereocenters. The maximum atomic E-state index is 12.0. The first kappa shape index (κ1) is 13.8. The second kappa shape index (κ2) is 5.56. The summed E-state index contributed by atoms with van der Waals surface area (Å²) in [5.74, 6) is -0.972. The molecule has 0 fully saturated rings. The lowest BCUT2D eigenvalue weighted by molar-refractivity contribution is -0.134. The Hall–Kier alpha value is -2.63. The molecule has 0 N–H and O–H groups in total. The maximum Gasteiger partial charge on any atom is 0.339 e. The molecule has 0 aliphatic carbocycles. The number of aromatic nitrogens is 2. The van der Waals surface area contributed by atoms with E-state index in [1.165, 1.54) is 26.4 Å². The summed E-state index contributed by atoms with van der Waals surface area (Å²) in [4.78, 5) is 23.1. The molecule has 1 aromatic carbocycles. The van der Waals surface area contributed by atoms with Gasteiger partial charge in [0.25, 0.3) is 0 Å². The Morgan fingerprint density at radius 1 is 1.25 bits per heavy atom. The summed E-state index contributed by atoms with van der Waals surface area (Å²) >= 11 is 0. The summed E-state index contributed by atoms with van der Waals surface area (Å²) in [5, 5.41) is 4.91. The van der Waals surface area contributed by atoms with Gasteiger partial charge in [0.1, 0.15) is 0 Å². The SMILES string of the molecule is COC(=O)/C=C/c1ccc2nn(C)cc2c1C(=O)OC. The van der Waals surface area contributed by atoms with Crippen LogP contribution in [0.5, 0.6) is 0 Å². The van der Waals surface area contributed by atoms with Crippen LogP contribution in [0.15, 0.2) is 24.4 Å². The summed E-state index contributed by atoms with van der Waals surface area (Å²) < 4.78 is 10.9. The quantitative estimate of drug-likeness (QED) is 0.627. The van der Waals surface area contributed by atoms with Crippen molar-refractivity contribution >= 4 is 28.9 Å². The van der Waals surface area contributed by atoms with Crippen LogP contribution < -0.4 is 0 Å². The first-order chi connectivity index (χ1) is 9.56. The number of rotatable bonds is 3. The van der Waals surface area contributed by atoms with Crippen molar-refractivity contribution < 1.29 is 19.1 Å². The van der Waals surface area contributed by atoms with Gasteiger partial charge in [0, 0.05) is 24.7 Å². The van der Waals surface area contributed by atoms with Gasteiger partial charge in [-0.25, -0.2) is 9.59 Å². The molecule has 1 aromatic heterocycles. The summed E-state index contributed by atoms with van der Waals surface area (Å²) in [6.45, 7) is 0. The Labute approximate surface area is 115 Å². The largest absolute Gasteiger partial charge is 0.466 e. The number of hydrogen-bond donors (Lipinski definition) is 0. The molecule has 104 valence electrons. The average molecular weight is 274 g/mol. The van der Waals surface area contributed by atoms with Gasteiger partial charge in [0.15, 0.2) is 0 Å². The molecule has 0 radical (unpaired) electrons. The van der Waals surface area contributed by atoms with Crippen molar-refractivity contribution in [3.05, 3.63) is 35.5 Å². The van der Waals surface area contributed by atoms with Gasteiger partial charge in [-0.15, -0.1) is 0 Å². The number of benzene rings is 1. The van der Waals surface area contributed by atoms with E-state index in [1.54, 1.807) is 30.1 Å². The van der Waals surface area contributed by atoms with Gasteiger partial charge >= 0.3 is 11.9 Å². The second-order valence-electron chi connectivity index (χ2n) is 4.11. The standard InChI is InChI=1S/C14H14N2O4/c1-16-8-10-11(15-16)6-4-9(5-7-12(17)19-2)13(10)14(18)20-3/h4-8H,1-3H3/b7-5+. The Bertz CT molecular complexity index is 701. The molecule has 0 atom stereocenters. The molecule has 2 rings (SSSR count). The molecule has 2 aromatic rings. The molecule has 0 aliphatic heterocycles. The summed E-state index contributed by atoms with van der Waals surface area (Å²) in [6.07, 6.45) is 4.51. The summed E-state index contributed by atoms with van der Waals surface area (Å²) in [6, 6.07) is 3.49.